The lowest BCUT2D eigenvalue weighted by atomic mass is 10.1. The van der Waals surface area contributed by atoms with Crippen molar-refractivity contribution in [1.82, 2.24) is 10.3 Å². The van der Waals surface area contributed by atoms with Crippen LogP contribution in [0.3, 0.4) is 0 Å². The number of benzene rings is 2. The van der Waals surface area contributed by atoms with Gasteiger partial charge >= 0.3 is 0 Å². The highest BCUT2D eigenvalue weighted by molar-refractivity contribution is 5.56. The Balaban J connectivity index is 1.74. The second kappa shape index (κ2) is 9.59. The van der Waals surface area contributed by atoms with Crippen molar-refractivity contribution in [2.45, 2.75) is 19.1 Å². The SMILES string of the molecule is CNCCC(Oc1ccccc1NCc1ccccn1)c1ccccc1. The molecule has 1 atom stereocenters. The van der Waals surface area contributed by atoms with Gasteiger partial charge in [-0.3, -0.25) is 4.98 Å². The number of rotatable bonds is 9. The second-order valence-corrected chi connectivity index (χ2v) is 6.08. The molecular weight excluding hydrogens is 322 g/mol. The molecule has 4 nitrogen and oxygen atoms in total. The summed E-state index contributed by atoms with van der Waals surface area (Å²) in [5.74, 6) is 0.855. The maximum atomic E-state index is 6.40. The third-order valence-corrected chi connectivity index (χ3v) is 4.17. The maximum Gasteiger partial charge on any atom is 0.143 e. The fraction of sp³-hybridized carbons (Fsp3) is 0.227. The van der Waals surface area contributed by atoms with Crippen LogP contribution in [0.1, 0.15) is 23.8 Å². The van der Waals surface area contributed by atoms with E-state index in [0.717, 1.165) is 30.1 Å². The summed E-state index contributed by atoms with van der Waals surface area (Å²) >= 11 is 0. The summed E-state index contributed by atoms with van der Waals surface area (Å²) in [7, 11) is 1.96. The summed E-state index contributed by atoms with van der Waals surface area (Å²) in [4.78, 5) is 4.36. The summed E-state index contributed by atoms with van der Waals surface area (Å²) < 4.78 is 6.40. The van der Waals surface area contributed by atoms with Gasteiger partial charge in [-0.05, 0) is 43.4 Å². The molecule has 134 valence electrons. The van der Waals surface area contributed by atoms with Crippen molar-refractivity contribution < 1.29 is 4.74 Å². The van der Waals surface area contributed by atoms with E-state index in [4.69, 9.17) is 4.74 Å². The molecular formula is C22H25N3O. The van der Waals surface area contributed by atoms with E-state index in [-0.39, 0.29) is 6.10 Å². The average Bonchev–Trinajstić information content (AvgIpc) is 2.71. The molecule has 1 unspecified atom stereocenters. The van der Waals surface area contributed by atoms with Crippen LogP contribution in [0.2, 0.25) is 0 Å². The molecule has 4 heteroatoms. The van der Waals surface area contributed by atoms with Crippen molar-refractivity contribution in [1.29, 1.82) is 0 Å². The Hall–Kier alpha value is -2.85. The average molecular weight is 347 g/mol. The van der Waals surface area contributed by atoms with E-state index < -0.39 is 0 Å². The highest BCUT2D eigenvalue weighted by Crippen LogP contribution is 2.30. The zero-order chi connectivity index (χ0) is 18.0. The molecule has 0 spiro atoms. The topological polar surface area (TPSA) is 46.2 Å². The van der Waals surface area contributed by atoms with Crippen LogP contribution in [0.4, 0.5) is 5.69 Å². The van der Waals surface area contributed by atoms with Crippen LogP contribution in [0, 0.1) is 0 Å². The fourth-order valence-electron chi connectivity index (χ4n) is 2.79. The number of nitrogens with zero attached hydrogens (tertiary/aromatic N) is 1. The van der Waals surface area contributed by atoms with E-state index in [0.29, 0.717) is 6.54 Å². The lowest BCUT2D eigenvalue weighted by Gasteiger charge is -2.22. The van der Waals surface area contributed by atoms with Crippen LogP contribution in [-0.2, 0) is 6.54 Å². The Bertz CT molecular complexity index is 778. The minimum absolute atomic E-state index is 0.00134. The smallest absolute Gasteiger partial charge is 0.143 e. The normalized spacial score (nSPS) is 11.7. The molecule has 0 saturated heterocycles. The molecule has 0 bridgehead atoms. The van der Waals surface area contributed by atoms with E-state index in [1.165, 1.54) is 5.56 Å². The monoisotopic (exact) mass is 347 g/mol. The standard InChI is InChI=1S/C22H25N3O/c1-23-16-14-21(18-9-3-2-4-10-18)26-22-13-6-5-12-20(22)25-17-19-11-7-8-15-24-19/h2-13,15,21,23,25H,14,16-17H2,1H3. The summed E-state index contributed by atoms with van der Waals surface area (Å²) in [6.45, 7) is 1.55. The lowest BCUT2D eigenvalue weighted by Crippen LogP contribution is -2.16. The largest absolute Gasteiger partial charge is 0.484 e. The Labute approximate surface area is 155 Å². The van der Waals surface area contributed by atoms with Crippen LogP contribution in [0.25, 0.3) is 0 Å². The molecule has 0 aliphatic carbocycles. The molecule has 1 aromatic heterocycles. The van der Waals surface area contributed by atoms with Gasteiger partial charge in [0.1, 0.15) is 11.9 Å². The molecule has 2 aromatic carbocycles. The number of aromatic nitrogens is 1. The number of hydrogen-bond acceptors (Lipinski definition) is 4. The first kappa shape index (κ1) is 18.0. The van der Waals surface area contributed by atoms with Crippen LogP contribution in [-0.4, -0.2) is 18.6 Å². The first-order valence-corrected chi connectivity index (χ1v) is 8.96. The minimum Gasteiger partial charge on any atom is -0.484 e. The maximum absolute atomic E-state index is 6.40. The summed E-state index contributed by atoms with van der Waals surface area (Å²) in [5, 5.41) is 6.65. The van der Waals surface area contributed by atoms with E-state index in [2.05, 4.69) is 39.9 Å². The molecule has 0 aliphatic heterocycles. The first-order chi connectivity index (χ1) is 12.9. The predicted molar refractivity (Wildman–Crippen MR) is 106 cm³/mol. The summed E-state index contributed by atoms with van der Waals surface area (Å²) in [6, 6.07) is 24.4. The van der Waals surface area contributed by atoms with Gasteiger partial charge in [-0.2, -0.15) is 0 Å². The zero-order valence-corrected chi connectivity index (χ0v) is 15.1. The Kier molecular flexibility index (Phi) is 6.62. The van der Waals surface area contributed by atoms with E-state index in [9.17, 15) is 0 Å². The molecule has 26 heavy (non-hydrogen) atoms. The molecule has 0 aliphatic rings. The van der Waals surface area contributed by atoms with E-state index in [1.54, 1.807) is 0 Å². The van der Waals surface area contributed by atoms with Crippen molar-refractivity contribution in [2.24, 2.45) is 0 Å². The Morgan fingerprint density at radius 1 is 0.923 bits per heavy atom. The van der Waals surface area contributed by atoms with Crippen LogP contribution >= 0.6 is 0 Å². The van der Waals surface area contributed by atoms with Gasteiger partial charge in [0.25, 0.3) is 0 Å². The van der Waals surface area contributed by atoms with Crippen LogP contribution < -0.4 is 15.4 Å². The number of pyridine rings is 1. The lowest BCUT2D eigenvalue weighted by molar-refractivity contribution is 0.196. The third kappa shape index (κ3) is 5.07. The Morgan fingerprint density at radius 2 is 1.69 bits per heavy atom. The number of hydrogen-bond donors (Lipinski definition) is 2. The quantitative estimate of drug-likeness (QED) is 0.601. The van der Waals surface area contributed by atoms with Crippen LogP contribution in [0.15, 0.2) is 79.0 Å². The van der Waals surface area contributed by atoms with Gasteiger partial charge < -0.3 is 15.4 Å². The molecule has 0 radical (unpaired) electrons. The van der Waals surface area contributed by atoms with Crippen molar-refractivity contribution in [3.8, 4) is 5.75 Å². The number of nitrogens with one attached hydrogen (secondary N) is 2. The number of ether oxygens (including phenoxy) is 1. The third-order valence-electron chi connectivity index (χ3n) is 4.17. The number of anilines is 1. The van der Waals surface area contributed by atoms with Crippen molar-refractivity contribution in [3.05, 3.63) is 90.3 Å². The molecule has 1 heterocycles. The van der Waals surface area contributed by atoms with Gasteiger partial charge in [-0.15, -0.1) is 0 Å². The summed E-state index contributed by atoms with van der Waals surface area (Å²) in [5.41, 5.74) is 3.16. The molecule has 2 N–H and O–H groups in total. The van der Waals surface area contributed by atoms with Gasteiger partial charge in [0, 0.05) is 12.6 Å². The first-order valence-electron chi connectivity index (χ1n) is 8.96. The predicted octanol–water partition coefficient (Wildman–Crippen LogP) is 4.42. The van der Waals surface area contributed by atoms with Gasteiger partial charge in [-0.1, -0.05) is 48.5 Å². The molecule has 0 fully saturated rings. The van der Waals surface area contributed by atoms with Crippen LogP contribution in [0.5, 0.6) is 5.75 Å². The van der Waals surface area contributed by atoms with Gasteiger partial charge in [0.05, 0.1) is 17.9 Å². The van der Waals surface area contributed by atoms with Crippen molar-refractivity contribution in [2.75, 3.05) is 18.9 Å². The van der Waals surface area contributed by atoms with Gasteiger partial charge in [-0.25, -0.2) is 0 Å². The van der Waals surface area contributed by atoms with Crippen molar-refractivity contribution in [3.63, 3.8) is 0 Å². The minimum atomic E-state index is 0.00134. The Morgan fingerprint density at radius 3 is 2.46 bits per heavy atom. The molecule has 3 aromatic rings. The molecule has 0 saturated carbocycles. The van der Waals surface area contributed by atoms with Gasteiger partial charge in [0.15, 0.2) is 0 Å². The summed E-state index contributed by atoms with van der Waals surface area (Å²) in [6.07, 6.45) is 2.71. The van der Waals surface area contributed by atoms with E-state index in [1.807, 2.05) is 61.8 Å². The van der Waals surface area contributed by atoms with Crippen molar-refractivity contribution >= 4 is 5.69 Å². The molecule has 3 rings (SSSR count). The fourth-order valence-corrected chi connectivity index (χ4v) is 2.79. The highest BCUT2D eigenvalue weighted by Gasteiger charge is 2.14. The highest BCUT2D eigenvalue weighted by atomic mass is 16.5. The number of para-hydroxylation sites is 2. The van der Waals surface area contributed by atoms with Gasteiger partial charge in [0.2, 0.25) is 0 Å². The second-order valence-electron chi connectivity index (χ2n) is 6.08. The molecule has 0 amide bonds. The van der Waals surface area contributed by atoms with E-state index >= 15 is 0 Å². The zero-order valence-electron chi connectivity index (χ0n) is 15.1.